The second kappa shape index (κ2) is 8.76. The Morgan fingerprint density at radius 3 is 2.86 bits per heavy atom. The van der Waals surface area contributed by atoms with E-state index in [1.807, 2.05) is 43.9 Å². The number of amides is 2. The molecule has 0 aliphatic carbocycles. The molecule has 0 fully saturated rings. The van der Waals surface area contributed by atoms with Crippen molar-refractivity contribution in [1.82, 2.24) is 15.6 Å². The Bertz CT molecular complexity index is 892. The first-order valence-corrected chi connectivity index (χ1v) is 9.65. The monoisotopic (exact) mass is 398 g/mol. The van der Waals surface area contributed by atoms with Crippen molar-refractivity contribution in [3.63, 3.8) is 0 Å². The molecule has 0 saturated carbocycles. The lowest BCUT2D eigenvalue weighted by atomic mass is 10.0. The third-order valence-corrected chi connectivity index (χ3v) is 4.73. The summed E-state index contributed by atoms with van der Waals surface area (Å²) in [4.78, 5) is 30.7. The van der Waals surface area contributed by atoms with Gasteiger partial charge in [-0.3, -0.25) is 4.79 Å². The molecule has 2 atom stereocenters. The van der Waals surface area contributed by atoms with Crippen LogP contribution >= 0.6 is 0 Å². The average molecular weight is 398 g/mol. The van der Waals surface area contributed by atoms with Gasteiger partial charge in [-0.05, 0) is 51.5 Å². The number of carbonyl (C=O) groups is 2. The standard InChI is InChI=1S/C20H26N6O3/c1-5-21-20(28)23-14-8-7-12(3)17(9-14)24-19-25-22-11-15-10-16(13(4)26(15)19)18(27)29-6-2/h7-11,13,16H,5-6H2,1-4H3,(H,24,25)(H2,21,23,28). The number of anilines is 1. The van der Waals surface area contributed by atoms with Crippen LogP contribution in [-0.2, 0) is 9.53 Å². The Morgan fingerprint density at radius 2 is 2.14 bits per heavy atom. The van der Waals surface area contributed by atoms with Crippen LogP contribution in [-0.4, -0.2) is 48.3 Å². The lowest BCUT2D eigenvalue weighted by molar-refractivity contribution is -0.147. The number of fused-ring (bicyclic) bond motifs is 1. The molecule has 1 aromatic carbocycles. The second-order valence-corrected chi connectivity index (χ2v) is 6.77. The Balaban J connectivity index is 1.87. The summed E-state index contributed by atoms with van der Waals surface area (Å²) in [6.45, 7) is 8.40. The highest BCUT2D eigenvalue weighted by atomic mass is 16.5. The first-order valence-electron chi connectivity index (χ1n) is 9.65. The van der Waals surface area contributed by atoms with E-state index in [0.717, 1.165) is 11.3 Å². The number of hydrogen-bond donors (Lipinski definition) is 3. The van der Waals surface area contributed by atoms with Crippen LogP contribution in [0.15, 0.2) is 40.1 Å². The molecule has 154 valence electrons. The molecule has 2 aliphatic rings. The van der Waals surface area contributed by atoms with Gasteiger partial charge in [0.1, 0.15) is 0 Å². The fourth-order valence-corrected chi connectivity index (χ4v) is 3.27. The van der Waals surface area contributed by atoms with Gasteiger partial charge in [-0.25, -0.2) is 15.2 Å². The van der Waals surface area contributed by atoms with E-state index >= 15 is 0 Å². The van der Waals surface area contributed by atoms with Gasteiger partial charge in [-0.1, -0.05) is 6.07 Å². The van der Waals surface area contributed by atoms with Crippen LogP contribution in [0, 0.1) is 12.8 Å². The average Bonchev–Trinajstić information content (AvgIpc) is 3.03. The van der Waals surface area contributed by atoms with Crippen LogP contribution < -0.4 is 16.1 Å². The molecule has 2 heterocycles. The van der Waals surface area contributed by atoms with Gasteiger partial charge in [0, 0.05) is 12.2 Å². The number of allylic oxidation sites excluding steroid dienone is 1. The highest BCUT2D eigenvalue weighted by molar-refractivity contribution is 5.98. The van der Waals surface area contributed by atoms with Crippen LogP contribution in [0.25, 0.3) is 0 Å². The lowest BCUT2D eigenvalue weighted by Crippen LogP contribution is -2.46. The number of benzene rings is 1. The number of hydrogen-bond acceptors (Lipinski definition) is 5. The number of aryl methyl sites for hydroxylation is 1. The molecule has 1 aromatic rings. The zero-order chi connectivity index (χ0) is 21.0. The summed E-state index contributed by atoms with van der Waals surface area (Å²) in [6.07, 6.45) is 3.51. The van der Waals surface area contributed by atoms with E-state index < -0.39 is 5.92 Å². The summed E-state index contributed by atoms with van der Waals surface area (Å²) < 4.78 is 5.19. The van der Waals surface area contributed by atoms with Crippen LogP contribution in [0.5, 0.6) is 0 Å². The molecule has 3 N–H and O–H groups in total. The number of aliphatic imine (C=N–C) groups is 1. The van der Waals surface area contributed by atoms with Crippen LogP contribution in [0.2, 0.25) is 0 Å². The maximum atomic E-state index is 12.3. The highest BCUT2D eigenvalue weighted by Crippen LogP contribution is 2.31. The number of urea groups is 1. The molecule has 0 spiro atoms. The number of nitrogens with zero attached hydrogens (tertiary/aromatic N) is 3. The van der Waals surface area contributed by atoms with Gasteiger partial charge in [0.25, 0.3) is 0 Å². The molecule has 0 radical (unpaired) electrons. The first kappa shape index (κ1) is 20.4. The van der Waals surface area contributed by atoms with Crippen LogP contribution in [0.4, 0.5) is 16.2 Å². The largest absolute Gasteiger partial charge is 0.465 e. The van der Waals surface area contributed by atoms with Crippen molar-refractivity contribution < 1.29 is 14.3 Å². The Morgan fingerprint density at radius 1 is 1.34 bits per heavy atom. The molecule has 2 amide bonds. The Kier molecular flexibility index (Phi) is 6.16. The van der Waals surface area contributed by atoms with Crippen molar-refractivity contribution in [2.75, 3.05) is 18.5 Å². The molecule has 2 unspecified atom stereocenters. The van der Waals surface area contributed by atoms with Crippen molar-refractivity contribution in [2.45, 2.75) is 33.7 Å². The summed E-state index contributed by atoms with van der Waals surface area (Å²) in [5.41, 5.74) is 5.97. The minimum atomic E-state index is -0.395. The van der Waals surface area contributed by atoms with Crippen molar-refractivity contribution in [1.29, 1.82) is 0 Å². The number of esters is 1. The minimum absolute atomic E-state index is 0.168. The third kappa shape index (κ3) is 4.39. The number of guanidine groups is 1. The quantitative estimate of drug-likeness (QED) is 0.661. The first-order chi connectivity index (χ1) is 13.9. The fraction of sp³-hybridized carbons (Fsp3) is 0.400. The van der Waals surface area contributed by atoms with Crippen LogP contribution in [0.3, 0.4) is 0 Å². The third-order valence-electron chi connectivity index (χ3n) is 4.73. The van der Waals surface area contributed by atoms with E-state index in [1.54, 1.807) is 19.2 Å². The van der Waals surface area contributed by atoms with Crippen molar-refractivity contribution in [3.8, 4) is 0 Å². The number of ether oxygens (including phenoxy) is 1. The molecule has 29 heavy (non-hydrogen) atoms. The zero-order valence-electron chi connectivity index (χ0n) is 17.0. The van der Waals surface area contributed by atoms with E-state index in [2.05, 4.69) is 21.2 Å². The predicted octanol–water partition coefficient (Wildman–Crippen LogP) is 2.48. The van der Waals surface area contributed by atoms with Gasteiger partial charge in [0.05, 0.1) is 36.2 Å². The summed E-state index contributed by atoms with van der Waals surface area (Å²) >= 11 is 0. The van der Waals surface area contributed by atoms with E-state index in [9.17, 15) is 9.59 Å². The van der Waals surface area contributed by atoms with E-state index in [-0.39, 0.29) is 18.0 Å². The lowest BCUT2D eigenvalue weighted by Gasteiger charge is -2.30. The molecule has 0 saturated heterocycles. The van der Waals surface area contributed by atoms with Gasteiger partial charge in [0.2, 0.25) is 5.96 Å². The van der Waals surface area contributed by atoms with Gasteiger partial charge in [-0.2, -0.15) is 5.10 Å². The second-order valence-electron chi connectivity index (χ2n) is 6.77. The van der Waals surface area contributed by atoms with Crippen molar-refractivity contribution in [3.05, 3.63) is 35.5 Å². The molecular weight excluding hydrogens is 372 g/mol. The maximum absolute atomic E-state index is 12.3. The molecular formula is C20H26N6O3. The number of rotatable bonds is 5. The number of nitrogens with one attached hydrogen (secondary N) is 3. The van der Waals surface area contributed by atoms with Crippen molar-refractivity contribution in [2.24, 2.45) is 16.0 Å². The SMILES string of the molecule is CCNC(=O)Nc1ccc(C)c(N=C2NN=CC3=CC(C(=O)OCC)C(C)N32)c1. The molecule has 9 heteroatoms. The normalized spacial score (nSPS) is 21.3. The smallest absolute Gasteiger partial charge is 0.319 e. The molecule has 0 aromatic heterocycles. The highest BCUT2D eigenvalue weighted by Gasteiger charge is 2.39. The predicted molar refractivity (Wildman–Crippen MR) is 112 cm³/mol. The topological polar surface area (TPSA) is 107 Å². The molecule has 9 nitrogen and oxygen atoms in total. The number of carbonyl (C=O) groups excluding carboxylic acids is 2. The van der Waals surface area contributed by atoms with Gasteiger partial charge >= 0.3 is 12.0 Å². The van der Waals surface area contributed by atoms with E-state index in [4.69, 9.17) is 9.73 Å². The zero-order valence-corrected chi connectivity index (χ0v) is 17.0. The summed E-state index contributed by atoms with van der Waals surface area (Å²) in [6, 6.07) is 5.06. The molecule has 0 bridgehead atoms. The van der Waals surface area contributed by atoms with Gasteiger partial charge in [0.15, 0.2) is 0 Å². The minimum Gasteiger partial charge on any atom is -0.465 e. The molecule has 2 aliphatic heterocycles. The Labute approximate surface area is 169 Å². The van der Waals surface area contributed by atoms with E-state index in [0.29, 0.717) is 30.5 Å². The van der Waals surface area contributed by atoms with Gasteiger partial charge < -0.3 is 20.3 Å². The number of hydrazone groups is 1. The molecule has 3 rings (SSSR count). The van der Waals surface area contributed by atoms with Gasteiger partial charge in [-0.15, -0.1) is 0 Å². The van der Waals surface area contributed by atoms with E-state index in [1.165, 1.54) is 0 Å². The summed E-state index contributed by atoms with van der Waals surface area (Å²) in [7, 11) is 0. The maximum Gasteiger partial charge on any atom is 0.319 e. The van der Waals surface area contributed by atoms with Crippen LogP contribution in [0.1, 0.15) is 26.3 Å². The fourth-order valence-electron chi connectivity index (χ4n) is 3.27. The van der Waals surface area contributed by atoms with Crippen molar-refractivity contribution >= 4 is 35.5 Å². The Hall–Kier alpha value is -3.36. The summed E-state index contributed by atoms with van der Waals surface area (Å²) in [5.74, 6) is -0.149. The summed E-state index contributed by atoms with van der Waals surface area (Å²) in [5, 5.41) is 9.63.